The molecule has 0 radical (unpaired) electrons. The fraction of sp³-hybridized carbons (Fsp3) is 0.259. The second-order valence-electron chi connectivity index (χ2n) is 8.06. The summed E-state index contributed by atoms with van der Waals surface area (Å²) < 4.78 is 16.3. The van der Waals surface area contributed by atoms with Crippen molar-refractivity contribution in [2.24, 2.45) is 0 Å². The van der Waals surface area contributed by atoms with Crippen molar-refractivity contribution >= 4 is 17.2 Å². The number of hydrogen-bond acceptors (Lipinski definition) is 7. The summed E-state index contributed by atoms with van der Waals surface area (Å²) in [5.41, 5.74) is 2.66. The van der Waals surface area contributed by atoms with Crippen molar-refractivity contribution in [1.82, 2.24) is 15.2 Å². The Labute approximate surface area is 209 Å². The summed E-state index contributed by atoms with van der Waals surface area (Å²) in [4.78, 5) is 19.5. The topological polar surface area (TPSA) is 76.8 Å². The van der Waals surface area contributed by atoms with Crippen LogP contribution >= 0.6 is 11.3 Å². The molecule has 2 aromatic heterocycles. The monoisotopic (exact) mass is 491 g/mol. The van der Waals surface area contributed by atoms with Crippen LogP contribution in [0.1, 0.15) is 45.3 Å². The lowest BCUT2D eigenvalue weighted by molar-refractivity contribution is 0.0943. The number of rotatable bonds is 11. The lowest BCUT2D eigenvalue weighted by atomic mass is 10.1. The molecule has 1 unspecified atom stereocenters. The Kier molecular flexibility index (Phi) is 8.18. The van der Waals surface area contributed by atoms with Gasteiger partial charge in [-0.05, 0) is 30.7 Å². The molecule has 8 heteroatoms. The number of aromatic nitrogens is 1. The average molecular weight is 492 g/mol. The number of carbonyl (C=O) groups excluding carboxylic acids is 1. The molecule has 0 bridgehead atoms. The van der Waals surface area contributed by atoms with E-state index in [-0.39, 0.29) is 11.9 Å². The van der Waals surface area contributed by atoms with Crippen molar-refractivity contribution in [3.05, 3.63) is 99.9 Å². The maximum absolute atomic E-state index is 12.6. The van der Waals surface area contributed by atoms with E-state index in [0.717, 1.165) is 22.1 Å². The van der Waals surface area contributed by atoms with E-state index in [1.54, 1.807) is 31.9 Å². The lowest BCUT2D eigenvalue weighted by Gasteiger charge is -2.29. The molecule has 0 aliphatic heterocycles. The normalized spacial score (nSPS) is 11.9. The predicted molar refractivity (Wildman–Crippen MR) is 136 cm³/mol. The fourth-order valence-electron chi connectivity index (χ4n) is 3.81. The number of hydrogen-bond donors (Lipinski definition) is 1. The van der Waals surface area contributed by atoms with Gasteiger partial charge in [0.05, 0.1) is 33.6 Å². The second-order valence-corrected chi connectivity index (χ2v) is 9.00. The minimum atomic E-state index is -0.219. The second kappa shape index (κ2) is 11.7. The molecule has 0 fully saturated rings. The van der Waals surface area contributed by atoms with Gasteiger partial charge < -0.3 is 19.2 Å². The fourth-order valence-corrected chi connectivity index (χ4v) is 4.60. The molecule has 2 heterocycles. The van der Waals surface area contributed by atoms with Crippen LogP contribution in [0.15, 0.2) is 76.7 Å². The van der Waals surface area contributed by atoms with Gasteiger partial charge in [0.15, 0.2) is 0 Å². The van der Waals surface area contributed by atoms with Crippen LogP contribution in [0.3, 0.4) is 0 Å². The number of furan rings is 1. The van der Waals surface area contributed by atoms with Crippen molar-refractivity contribution in [2.75, 3.05) is 14.2 Å². The van der Waals surface area contributed by atoms with E-state index in [4.69, 9.17) is 13.9 Å². The van der Waals surface area contributed by atoms with Crippen LogP contribution in [0.25, 0.3) is 0 Å². The van der Waals surface area contributed by atoms with E-state index in [0.29, 0.717) is 31.1 Å². The molecule has 182 valence electrons. The van der Waals surface area contributed by atoms with Gasteiger partial charge in [-0.3, -0.25) is 9.69 Å². The molecule has 35 heavy (non-hydrogen) atoms. The molecule has 0 saturated carbocycles. The zero-order valence-corrected chi connectivity index (χ0v) is 20.9. The maximum atomic E-state index is 12.6. The van der Waals surface area contributed by atoms with Gasteiger partial charge in [0.25, 0.3) is 5.91 Å². The zero-order valence-electron chi connectivity index (χ0n) is 20.1. The molecule has 7 nitrogen and oxygen atoms in total. The van der Waals surface area contributed by atoms with E-state index in [1.807, 2.05) is 42.5 Å². The SMILES string of the molecule is COc1ccc(CN(Cc2nc(C(=O)NCc3ccco3)cs2)C(C)c2ccccc2)c(OC)c1. The Morgan fingerprint density at radius 3 is 2.63 bits per heavy atom. The van der Waals surface area contributed by atoms with Crippen LogP contribution in [0.4, 0.5) is 0 Å². The number of carbonyl (C=O) groups is 1. The summed E-state index contributed by atoms with van der Waals surface area (Å²) >= 11 is 1.48. The molecule has 4 aromatic rings. The number of benzene rings is 2. The van der Waals surface area contributed by atoms with E-state index in [9.17, 15) is 4.79 Å². The van der Waals surface area contributed by atoms with Crippen LogP contribution < -0.4 is 14.8 Å². The first-order valence-electron chi connectivity index (χ1n) is 11.3. The summed E-state index contributed by atoms with van der Waals surface area (Å²) in [6.07, 6.45) is 1.59. The van der Waals surface area contributed by atoms with Gasteiger partial charge in [0, 0.05) is 29.6 Å². The van der Waals surface area contributed by atoms with Gasteiger partial charge >= 0.3 is 0 Å². The molecule has 0 spiro atoms. The summed E-state index contributed by atoms with van der Waals surface area (Å²) in [7, 11) is 3.31. The van der Waals surface area contributed by atoms with Crippen molar-refractivity contribution in [1.29, 1.82) is 0 Å². The number of amides is 1. The van der Waals surface area contributed by atoms with E-state index < -0.39 is 0 Å². The summed E-state index contributed by atoms with van der Waals surface area (Å²) in [5.74, 6) is 2.00. The smallest absolute Gasteiger partial charge is 0.271 e. The van der Waals surface area contributed by atoms with Crippen LogP contribution in [-0.2, 0) is 19.6 Å². The number of methoxy groups -OCH3 is 2. The third-order valence-electron chi connectivity index (χ3n) is 5.82. The lowest BCUT2D eigenvalue weighted by Crippen LogP contribution is -2.27. The third-order valence-corrected chi connectivity index (χ3v) is 6.66. The first kappa shape index (κ1) is 24.5. The maximum Gasteiger partial charge on any atom is 0.271 e. The molecule has 0 aliphatic carbocycles. The van der Waals surface area contributed by atoms with Crippen molar-refractivity contribution in [2.45, 2.75) is 32.6 Å². The van der Waals surface area contributed by atoms with Crippen molar-refractivity contribution in [3.8, 4) is 11.5 Å². The quantitative estimate of drug-likeness (QED) is 0.301. The Bertz CT molecular complexity index is 1220. The van der Waals surface area contributed by atoms with E-state index >= 15 is 0 Å². The Balaban J connectivity index is 1.52. The molecule has 1 amide bonds. The van der Waals surface area contributed by atoms with Gasteiger partial charge in [-0.15, -0.1) is 11.3 Å². The van der Waals surface area contributed by atoms with Gasteiger partial charge in [-0.1, -0.05) is 36.4 Å². The standard InChI is InChI=1S/C27H29N3O4S/c1-19(20-8-5-4-6-9-20)30(16-21-11-12-22(32-2)14-25(21)33-3)17-26-29-24(18-35-26)27(31)28-15-23-10-7-13-34-23/h4-14,18-19H,15-17H2,1-3H3,(H,28,31). The highest BCUT2D eigenvalue weighted by atomic mass is 32.1. The predicted octanol–water partition coefficient (Wildman–Crippen LogP) is 5.45. The summed E-state index contributed by atoms with van der Waals surface area (Å²) in [6.45, 7) is 3.73. The molecule has 2 aromatic carbocycles. The molecule has 0 saturated heterocycles. The number of thiazole rings is 1. The largest absolute Gasteiger partial charge is 0.497 e. The van der Waals surface area contributed by atoms with Gasteiger partial charge in [-0.2, -0.15) is 0 Å². The number of nitrogens with zero attached hydrogens (tertiary/aromatic N) is 2. The molecule has 1 atom stereocenters. The molecular weight excluding hydrogens is 462 g/mol. The summed E-state index contributed by atoms with van der Waals surface area (Å²) in [6, 6.07) is 19.9. The Hall–Kier alpha value is -3.62. The third kappa shape index (κ3) is 6.29. The average Bonchev–Trinajstić information content (AvgIpc) is 3.59. The molecule has 1 N–H and O–H groups in total. The molecular formula is C27H29N3O4S. The van der Waals surface area contributed by atoms with Crippen LogP contribution in [-0.4, -0.2) is 30.0 Å². The van der Waals surface area contributed by atoms with Crippen molar-refractivity contribution < 1.29 is 18.7 Å². The zero-order chi connectivity index (χ0) is 24.6. The number of ether oxygens (including phenoxy) is 2. The van der Waals surface area contributed by atoms with Crippen molar-refractivity contribution in [3.63, 3.8) is 0 Å². The minimum absolute atomic E-state index is 0.114. The highest BCUT2D eigenvalue weighted by Gasteiger charge is 2.21. The first-order valence-corrected chi connectivity index (χ1v) is 12.2. The Morgan fingerprint density at radius 1 is 1.09 bits per heavy atom. The first-order chi connectivity index (χ1) is 17.1. The minimum Gasteiger partial charge on any atom is -0.497 e. The van der Waals surface area contributed by atoms with Crippen LogP contribution in [0.2, 0.25) is 0 Å². The van der Waals surface area contributed by atoms with E-state index in [1.165, 1.54) is 16.9 Å². The van der Waals surface area contributed by atoms with Gasteiger partial charge in [-0.25, -0.2) is 4.98 Å². The highest BCUT2D eigenvalue weighted by Crippen LogP contribution is 2.30. The van der Waals surface area contributed by atoms with Crippen LogP contribution in [0, 0.1) is 0 Å². The van der Waals surface area contributed by atoms with E-state index in [2.05, 4.69) is 34.3 Å². The van der Waals surface area contributed by atoms with Crippen LogP contribution in [0.5, 0.6) is 11.5 Å². The van der Waals surface area contributed by atoms with Gasteiger partial charge in [0.2, 0.25) is 0 Å². The highest BCUT2D eigenvalue weighted by molar-refractivity contribution is 7.09. The number of nitrogens with one attached hydrogen (secondary N) is 1. The molecule has 0 aliphatic rings. The summed E-state index contributed by atoms with van der Waals surface area (Å²) in [5, 5.41) is 5.51. The Morgan fingerprint density at radius 2 is 1.91 bits per heavy atom. The molecule has 4 rings (SSSR count). The van der Waals surface area contributed by atoms with Gasteiger partial charge in [0.1, 0.15) is 28.0 Å².